The first-order valence-corrected chi connectivity index (χ1v) is 10.1. The minimum Gasteiger partial charge on any atom is -0.207 e. The summed E-state index contributed by atoms with van der Waals surface area (Å²) < 4.78 is 28.1. The topological polar surface area (TPSA) is 37.4 Å². The largest absolute Gasteiger partial charge is 0.243 e. The molecule has 0 saturated carbocycles. The molecular weight excluding hydrogens is 342 g/mol. The van der Waals surface area contributed by atoms with Crippen molar-refractivity contribution in [3.8, 4) is 0 Å². The Hall–Kier alpha value is -1.36. The number of aryl methyl sites for hydroxylation is 1. The third kappa shape index (κ3) is 3.66. The van der Waals surface area contributed by atoms with Crippen molar-refractivity contribution in [2.45, 2.75) is 43.5 Å². The van der Waals surface area contributed by atoms with Gasteiger partial charge in [0.05, 0.1) is 10.9 Å². The van der Waals surface area contributed by atoms with Crippen LogP contribution in [0.5, 0.6) is 0 Å². The molecule has 2 aromatic carbocycles. The van der Waals surface area contributed by atoms with Crippen molar-refractivity contribution >= 4 is 21.6 Å². The van der Waals surface area contributed by atoms with Gasteiger partial charge in [0, 0.05) is 11.6 Å². The van der Waals surface area contributed by atoms with E-state index in [1.807, 2.05) is 25.1 Å². The molecule has 3 rings (SSSR count). The van der Waals surface area contributed by atoms with Gasteiger partial charge in [-0.25, -0.2) is 8.42 Å². The van der Waals surface area contributed by atoms with Crippen molar-refractivity contribution in [3.05, 3.63) is 64.7 Å². The molecular formula is C19H22ClNO2S. The molecule has 1 aliphatic rings. The molecule has 128 valence electrons. The highest BCUT2D eigenvalue weighted by atomic mass is 35.5. The van der Waals surface area contributed by atoms with E-state index < -0.39 is 10.0 Å². The molecule has 3 nitrogen and oxygen atoms in total. The van der Waals surface area contributed by atoms with Gasteiger partial charge in [0.2, 0.25) is 10.0 Å². The van der Waals surface area contributed by atoms with Crippen molar-refractivity contribution in [2.75, 3.05) is 6.54 Å². The molecule has 1 saturated heterocycles. The summed E-state index contributed by atoms with van der Waals surface area (Å²) in [6, 6.07) is 14.6. The smallest absolute Gasteiger partial charge is 0.207 e. The number of rotatable bonds is 3. The van der Waals surface area contributed by atoms with Crippen LogP contribution in [-0.2, 0) is 10.0 Å². The van der Waals surface area contributed by atoms with Gasteiger partial charge < -0.3 is 0 Å². The molecule has 5 heteroatoms. The van der Waals surface area contributed by atoms with E-state index in [1.165, 1.54) is 6.07 Å². The molecule has 1 atom stereocenters. The molecule has 0 radical (unpaired) electrons. The van der Waals surface area contributed by atoms with E-state index >= 15 is 0 Å². The molecule has 1 unspecified atom stereocenters. The van der Waals surface area contributed by atoms with Gasteiger partial charge in [0.1, 0.15) is 0 Å². The van der Waals surface area contributed by atoms with Crippen LogP contribution in [0.1, 0.15) is 42.9 Å². The zero-order valence-corrected chi connectivity index (χ0v) is 15.4. The lowest BCUT2D eigenvalue weighted by atomic mass is 10.0. The molecule has 0 amide bonds. The fraction of sp³-hybridized carbons (Fsp3) is 0.368. The molecule has 2 aromatic rings. The summed E-state index contributed by atoms with van der Waals surface area (Å²) in [5.41, 5.74) is 2.22. The Labute approximate surface area is 149 Å². The van der Waals surface area contributed by atoms with Crippen molar-refractivity contribution < 1.29 is 8.42 Å². The first kappa shape index (κ1) is 17.5. The number of hydrogen-bond donors (Lipinski definition) is 0. The van der Waals surface area contributed by atoms with E-state index in [9.17, 15) is 8.42 Å². The lowest BCUT2D eigenvalue weighted by Crippen LogP contribution is -2.34. The highest BCUT2D eigenvalue weighted by Crippen LogP contribution is 2.35. The van der Waals surface area contributed by atoms with Gasteiger partial charge in [-0.15, -0.1) is 0 Å². The van der Waals surface area contributed by atoms with Crippen LogP contribution in [0.3, 0.4) is 0 Å². The zero-order valence-electron chi connectivity index (χ0n) is 13.8. The molecule has 1 aliphatic heterocycles. The first-order valence-electron chi connectivity index (χ1n) is 8.32. The highest BCUT2D eigenvalue weighted by molar-refractivity contribution is 7.89. The van der Waals surface area contributed by atoms with Gasteiger partial charge in [-0.3, -0.25) is 0 Å². The Morgan fingerprint density at radius 2 is 1.83 bits per heavy atom. The normalized spacial score (nSPS) is 19.8. The van der Waals surface area contributed by atoms with Crippen molar-refractivity contribution in [2.24, 2.45) is 0 Å². The van der Waals surface area contributed by atoms with Gasteiger partial charge in [0.15, 0.2) is 0 Å². The van der Waals surface area contributed by atoms with Crippen LogP contribution in [0.2, 0.25) is 5.02 Å². The maximum Gasteiger partial charge on any atom is 0.243 e. The van der Waals surface area contributed by atoms with Crippen LogP contribution >= 0.6 is 11.6 Å². The second kappa shape index (κ2) is 7.26. The Kier molecular flexibility index (Phi) is 5.28. The lowest BCUT2D eigenvalue weighted by Gasteiger charge is -2.29. The third-order valence-corrected chi connectivity index (χ3v) is 6.67. The summed E-state index contributed by atoms with van der Waals surface area (Å²) in [6.07, 6.45) is 3.84. The maximum atomic E-state index is 13.2. The fourth-order valence-corrected chi connectivity index (χ4v) is 5.33. The van der Waals surface area contributed by atoms with E-state index in [0.29, 0.717) is 11.6 Å². The number of nitrogens with zero attached hydrogens (tertiary/aromatic N) is 1. The highest BCUT2D eigenvalue weighted by Gasteiger charge is 2.33. The van der Waals surface area contributed by atoms with Gasteiger partial charge in [0.25, 0.3) is 0 Å². The van der Waals surface area contributed by atoms with Crippen molar-refractivity contribution in [3.63, 3.8) is 0 Å². The fourth-order valence-electron chi connectivity index (χ4n) is 3.34. The van der Waals surface area contributed by atoms with Crippen LogP contribution in [0.25, 0.3) is 0 Å². The van der Waals surface area contributed by atoms with Gasteiger partial charge in [-0.1, -0.05) is 60.3 Å². The third-order valence-electron chi connectivity index (χ3n) is 4.53. The second-order valence-electron chi connectivity index (χ2n) is 6.35. The molecule has 0 bridgehead atoms. The summed E-state index contributed by atoms with van der Waals surface area (Å²) in [5, 5.41) is 0.443. The maximum absolute atomic E-state index is 13.2. The number of sulfonamides is 1. The van der Waals surface area contributed by atoms with Crippen LogP contribution in [0.4, 0.5) is 0 Å². The first-order chi connectivity index (χ1) is 11.5. The van der Waals surface area contributed by atoms with Crippen LogP contribution in [0.15, 0.2) is 53.4 Å². The Balaban J connectivity index is 2.04. The summed E-state index contributed by atoms with van der Waals surface area (Å²) in [5.74, 6) is 0. The quantitative estimate of drug-likeness (QED) is 0.773. The Morgan fingerprint density at radius 3 is 2.58 bits per heavy atom. The summed E-state index contributed by atoms with van der Waals surface area (Å²) in [4.78, 5) is 0.273. The summed E-state index contributed by atoms with van der Waals surface area (Å²) in [6.45, 7) is 2.59. The minimum absolute atomic E-state index is 0.114. The number of benzene rings is 2. The molecule has 0 spiro atoms. The average molecular weight is 364 g/mol. The molecule has 0 aromatic heterocycles. The summed E-state index contributed by atoms with van der Waals surface area (Å²) in [7, 11) is -3.57. The van der Waals surface area contributed by atoms with Gasteiger partial charge in [-0.05, 0) is 43.5 Å². The molecule has 24 heavy (non-hydrogen) atoms. The lowest BCUT2D eigenvalue weighted by molar-refractivity contribution is 0.329. The van der Waals surface area contributed by atoms with E-state index in [2.05, 4.69) is 6.07 Å². The van der Waals surface area contributed by atoms with Gasteiger partial charge in [-0.2, -0.15) is 4.31 Å². The SMILES string of the molecule is Cc1cccc(C2CCCCCN2S(=O)(=O)c2cccc(Cl)c2)c1. The monoisotopic (exact) mass is 363 g/mol. The van der Waals surface area contributed by atoms with Crippen LogP contribution < -0.4 is 0 Å². The molecule has 1 heterocycles. The zero-order chi connectivity index (χ0) is 17.2. The van der Waals surface area contributed by atoms with Crippen LogP contribution in [-0.4, -0.2) is 19.3 Å². The van der Waals surface area contributed by atoms with E-state index in [0.717, 1.165) is 36.8 Å². The Morgan fingerprint density at radius 1 is 1.04 bits per heavy atom. The van der Waals surface area contributed by atoms with E-state index in [1.54, 1.807) is 22.5 Å². The standard InChI is InChI=1S/C19H22ClNO2S/c1-15-7-5-8-16(13-15)19-11-3-2-4-12-21(19)24(22,23)18-10-6-9-17(20)14-18/h5-10,13-14,19H,2-4,11-12H2,1H3. The Bertz CT molecular complexity index is 820. The predicted molar refractivity (Wildman–Crippen MR) is 97.7 cm³/mol. The van der Waals surface area contributed by atoms with E-state index in [-0.39, 0.29) is 10.9 Å². The molecule has 0 N–H and O–H groups in total. The second-order valence-corrected chi connectivity index (χ2v) is 8.68. The van der Waals surface area contributed by atoms with Crippen molar-refractivity contribution in [1.82, 2.24) is 4.31 Å². The van der Waals surface area contributed by atoms with E-state index in [4.69, 9.17) is 11.6 Å². The number of hydrogen-bond acceptors (Lipinski definition) is 2. The van der Waals surface area contributed by atoms with Crippen LogP contribution in [0, 0.1) is 6.92 Å². The van der Waals surface area contributed by atoms with Gasteiger partial charge >= 0.3 is 0 Å². The predicted octanol–water partition coefficient (Wildman–Crippen LogP) is 4.95. The molecule has 0 aliphatic carbocycles. The number of halogens is 1. The minimum atomic E-state index is -3.57. The molecule has 1 fully saturated rings. The summed E-state index contributed by atoms with van der Waals surface area (Å²) >= 11 is 6.01. The van der Waals surface area contributed by atoms with Crippen molar-refractivity contribution in [1.29, 1.82) is 0 Å². The average Bonchev–Trinajstić information content (AvgIpc) is 2.81.